The SMILES string of the molecule is C=CCN(CCC)c1cc(C)c(F)cc1C(C)NCCC. The average Bonchev–Trinajstić information content (AvgIpc) is 2.47. The number of halogens is 1. The predicted molar refractivity (Wildman–Crippen MR) is 90.5 cm³/mol. The molecule has 0 radical (unpaired) electrons. The first kappa shape index (κ1) is 17.7. The average molecular weight is 292 g/mol. The molecule has 0 aliphatic rings. The lowest BCUT2D eigenvalue weighted by Crippen LogP contribution is -2.28. The highest BCUT2D eigenvalue weighted by Gasteiger charge is 2.17. The van der Waals surface area contributed by atoms with Crippen molar-refractivity contribution in [1.82, 2.24) is 5.32 Å². The normalized spacial score (nSPS) is 12.2. The molecule has 0 heterocycles. The molecule has 0 aromatic heterocycles. The van der Waals surface area contributed by atoms with Gasteiger partial charge >= 0.3 is 0 Å². The summed E-state index contributed by atoms with van der Waals surface area (Å²) in [6.07, 6.45) is 4.03. The van der Waals surface area contributed by atoms with Crippen molar-refractivity contribution in [2.75, 3.05) is 24.5 Å². The second-order valence-electron chi connectivity index (χ2n) is 5.57. The van der Waals surface area contributed by atoms with Crippen molar-refractivity contribution in [1.29, 1.82) is 0 Å². The zero-order valence-corrected chi connectivity index (χ0v) is 13.9. The van der Waals surface area contributed by atoms with Crippen molar-refractivity contribution in [3.63, 3.8) is 0 Å². The van der Waals surface area contributed by atoms with Crippen molar-refractivity contribution in [3.05, 3.63) is 41.7 Å². The molecule has 1 aromatic carbocycles. The molecule has 3 heteroatoms. The van der Waals surface area contributed by atoms with E-state index in [0.717, 1.165) is 43.7 Å². The summed E-state index contributed by atoms with van der Waals surface area (Å²) in [7, 11) is 0. The number of aryl methyl sites for hydroxylation is 1. The molecule has 118 valence electrons. The van der Waals surface area contributed by atoms with Crippen LogP contribution in [0.15, 0.2) is 24.8 Å². The van der Waals surface area contributed by atoms with Crippen LogP contribution in [0.25, 0.3) is 0 Å². The van der Waals surface area contributed by atoms with Crippen LogP contribution in [-0.4, -0.2) is 19.6 Å². The lowest BCUT2D eigenvalue weighted by molar-refractivity contribution is 0.559. The molecule has 0 fully saturated rings. The van der Waals surface area contributed by atoms with E-state index in [1.165, 1.54) is 0 Å². The van der Waals surface area contributed by atoms with Gasteiger partial charge in [0.25, 0.3) is 0 Å². The van der Waals surface area contributed by atoms with Crippen LogP contribution in [0.1, 0.15) is 50.8 Å². The van der Waals surface area contributed by atoms with E-state index in [-0.39, 0.29) is 11.9 Å². The maximum Gasteiger partial charge on any atom is 0.126 e. The van der Waals surface area contributed by atoms with Gasteiger partial charge in [-0.2, -0.15) is 0 Å². The molecule has 0 aliphatic carbocycles. The van der Waals surface area contributed by atoms with Crippen LogP contribution >= 0.6 is 0 Å². The summed E-state index contributed by atoms with van der Waals surface area (Å²) in [5.41, 5.74) is 2.84. The third-order valence-electron chi connectivity index (χ3n) is 3.66. The fourth-order valence-electron chi connectivity index (χ4n) is 2.51. The quantitative estimate of drug-likeness (QED) is 0.669. The van der Waals surface area contributed by atoms with E-state index in [9.17, 15) is 4.39 Å². The van der Waals surface area contributed by atoms with Gasteiger partial charge in [0.05, 0.1) is 0 Å². The first-order valence-corrected chi connectivity index (χ1v) is 7.94. The number of hydrogen-bond donors (Lipinski definition) is 1. The van der Waals surface area contributed by atoms with E-state index < -0.39 is 0 Å². The molecule has 0 aliphatic heterocycles. The lowest BCUT2D eigenvalue weighted by atomic mass is 10.0. The van der Waals surface area contributed by atoms with Gasteiger partial charge in [-0.1, -0.05) is 19.9 Å². The predicted octanol–water partition coefficient (Wildman–Crippen LogP) is 4.60. The second-order valence-corrected chi connectivity index (χ2v) is 5.57. The Hall–Kier alpha value is -1.35. The van der Waals surface area contributed by atoms with Crippen molar-refractivity contribution >= 4 is 5.69 Å². The minimum Gasteiger partial charge on any atom is -0.368 e. The number of nitrogens with one attached hydrogen (secondary N) is 1. The Balaban J connectivity index is 3.19. The van der Waals surface area contributed by atoms with Gasteiger partial charge in [0.15, 0.2) is 0 Å². The van der Waals surface area contributed by atoms with Crippen LogP contribution in [-0.2, 0) is 0 Å². The summed E-state index contributed by atoms with van der Waals surface area (Å²) in [4.78, 5) is 2.28. The number of nitrogens with zero attached hydrogens (tertiary/aromatic N) is 1. The fraction of sp³-hybridized carbons (Fsp3) is 0.556. The molecule has 2 nitrogen and oxygen atoms in total. The summed E-state index contributed by atoms with van der Waals surface area (Å²) in [5, 5.41) is 3.46. The molecule has 1 unspecified atom stereocenters. The van der Waals surface area contributed by atoms with Crippen molar-refractivity contribution in [3.8, 4) is 0 Å². The molecular formula is C18H29FN2. The minimum absolute atomic E-state index is 0.131. The van der Waals surface area contributed by atoms with Gasteiger partial charge in [-0.15, -0.1) is 6.58 Å². The zero-order chi connectivity index (χ0) is 15.8. The van der Waals surface area contributed by atoms with Crippen LogP contribution in [0.3, 0.4) is 0 Å². The molecule has 1 atom stereocenters. The lowest BCUT2D eigenvalue weighted by Gasteiger charge is -2.28. The summed E-state index contributed by atoms with van der Waals surface area (Å²) in [5.74, 6) is -0.131. The molecule has 1 rings (SSSR count). The topological polar surface area (TPSA) is 15.3 Å². The summed E-state index contributed by atoms with van der Waals surface area (Å²) >= 11 is 0. The summed E-state index contributed by atoms with van der Waals surface area (Å²) in [6.45, 7) is 14.7. The fourth-order valence-corrected chi connectivity index (χ4v) is 2.51. The van der Waals surface area contributed by atoms with Gasteiger partial charge in [-0.05, 0) is 56.5 Å². The molecule has 0 amide bonds. The molecule has 0 spiro atoms. The van der Waals surface area contributed by atoms with Crippen molar-refractivity contribution in [2.24, 2.45) is 0 Å². The molecule has 21 heavy (non-hydrogen) atoms. The van der Waals surface area contributed by atoms with Gasteiger partial charge in [0.2, 0.25) is 0 Å². The van der Waals surface area contributed by atoms with Gasteiger partial charge in [-0.3, -0.25) is 0 Å². The Morgan fingerprint density at radius 2 is 2.05 bits per heavy atom. The minimum atomic E-state index is -0.131. The molecule has 0 bridgehead atoms. The maximum absolute atomic E-state index is 14.0. The molecule has 0 saturated heterocycles. The van der Waals surface area contributed by atoms with Gasteiger partial charge in [0.1, 0.15) is 5.82 Å². The number of hydrogen-bond acceptors (Lipinski definition) is 2. The summed E-state index contributed by atoms with van der Waals surface area (Å²) in [6, 6.07) is 3.79. The Kier molecular flexibility index (Phi) is 7.44. The summed E-state index contributed by atoms with van der Waals surface area (Å²) < 4.78 is 14.0. The van der Waals surface area contributed by atoms with Crippen LogP contribution in [0.2, 0.25) is 0 Å². The Morgan fingerprint density at radius 1 is 1.33 bits per heavy atom. The third-order valence-corrected chi connectivity index (χ3v) is 3.66. The van der Waals surface area contributed by atoms with E-state index >= 15 is 0 Å². The van der Waals surface area contributed by atoms with Crippen LogP contribution in [0.5, 0.6) is 0 Å². The van der Waals surface area contributed by atoms with Crippen LogP contribution in [0.4, 0.5) is 10.1 Å². The third kappa shape index (κ3) is 4.85. The molecule has 1 aromatic rings. The highest BCUT2D eigenvalue weighted by atomic mass is 19.1. The first-order chi connectivity index (χ1) is 10.0. The van der Waals surface area contributed by atoms with Gasteiger partial charge in [-0.25, -0.2) is 4.39 Å². The Bertz CT molecular complexity index is 457. The molecular weight excluding hydrogens is 263 g/mol. The van der Waals surface area contributed by atoms with Gasteiger partial charge in [0, 0.05) is 24.8 Å². The van der Waals surface area contributed by atoms with Crippen molar-refractivity contribution < 1.29 is 4.39 Å². The van der Waals surface area contributed by atoms with Crippen LogP contribution in [0, 0.1) is 12.7 Å². The highest BCUT2D eigenvalue weighted by molar-refractivity contribution is 5.57. The van der Waals surface area contributed by atoms with E-state index in [2.05, 4.69) is 37.6 Å². The number of rotatable bonds is 9. The Labute approximate surface area is 129 Å². The number of benzene rings is 1. The largest absolute Gasteiger partial charge is 0.368 e. The van der Waals surface area contributed by atoms with Gasteiger partial charge < -0.3 is 10.2 Å². The van der Waals surface area contributed by atoms with E-state index in [4.69, 9.17) is 0 Å². The highest BCUT2D eigenvalue weighted by Crippen LogP contribution is 2.29. The van der Waals surface area contributed by atoms with E-state index in [0.29, 0.717) is 5.56 Å². The number of anilines is 1. The molecule has 1 N–H and O–H groups in total. The first-order valence-electron chi connectivity index (χ1n) is 7.94. The standard InChI is InChI=1S/C18H29FN2/c1-6-9-20-15(5)16-13-17(19)14(4)12-18(16)21(10-7-2)11-8-3/h7,12-13,15,20H,2,6,8-11H2,1,3-5H3. The van der Waals surface area contributed by atoms with Crippen LogP contribution < -0.4 is 10.2 Å². The van der Waals surface area contributed by atoms with E-state index in [1.807, 2.05) is 19.1 Å². The smallest absolute Gasteiger partial charge is 0.126 e. The molecule has 0 saturated carbocycles. The Morgan fingerprint density at radius 3 is 2.62 bits per heavy atom. The zero-order valence-electron chi connectivity index (χ0n) is 13.9. The maximum atomic E-state index is 14.0. The van der Waals surface area contributed by atoms with E-state index in [1.54, 1.807) is 6.07 Å². The van der Waals surface area contributed by atoms with Crippen molar-refractivity contribution in [2.45, 2.75) is 46.6 Å². The second kappa shape index (κ2) is 8.83. The monoisotopic (exact) mass is 292 g/mol.